The minimum Gasteiger partial charge on any atom is -0.339 e. The van der Waals surface area contributed by atoms with Gasteiger partial charge in [0, 0.05) is 12.6 Å². The van der Waals surface area contributed by atoms with Crippen LogP contribution in [-0.2, 0) is 6.42 Å². The zero-order chi connectivity index (χ0) is 16.8. The van der Waals surface area contributed by atoms with Gasteiger partial charge in [-0.2, -0.15) is 10.1 Å². The number of aromatic amines is 1. The van der Waals surface area contributed by atoms with Crippen molar-refractivity contribution in [3.8, 4) is 0 Å². The number of H-pyrrole nitrogens is 1. The molecule has 0 fully saturated rings. The number of carbonyl (C=O) groups is 1. The number of urea groups is 1. The van der Waals surface area contributed by atoms with Crippen molar-refractivity contribution in [3.63, 3.8) is 0 Å². The van der Waals surface area contributed by atoms with Crippen molar-refractivity contribution in [3.05, 3.63) is 60.0 Å². The molecule has 1 atom stereocenters. The third-order valence-electron chi connectivity index (χ3n) is 3.37. The summed E-state index contributed by atoms with van der Waals surface area (Å²) in [6.07, 6.45) is 4.72. The van der Waals surface area contributed by atoms with E-state index in [-0.39, 0.29) is 6.03 Å². The summed E-state index contributed by atoms with van der Waals surface area (Å²) in [5.74, 6) is 0.984. The van der Waals surface area contributed by atoms with Crippen LogP contribution in [-0.4, -0.2) is 26.4 Å². The number of hydrogen-bond acceptors (Lipinski definition) is 5. The van der Waals surface area contributed by atoms with Crippen LogP contribution in [0.1, 0.15) is 36.7 Å². The predicted octanol–water partition coefficient (Wildman–Crippen LogP) is 2.66. The van der Waals surface area contributed by atoms with Crippen LogP contribution in [0.3, 0.4) is 0 Å². The number of carbonyl (C=O) groups excluding carboxylic acids is 1. The third kappa shape index (κ3) is 3.78. The van der Waals surface area contributed by atoms with Gasteiger partial charge in [0.05, 0.1) is 11.9 Å². The second kappa shape index (κ2) is 7.40. The topological polar surface area (TPSA) is 109 Å². The lowest BCUT2D eigenvalue weighted by Gasteiger charge is -2.16. The standard InChI is InChI=1S/C16H18N6O2/c1-2-6-13-20-15(22-24-13)14(11-7-4-3-5-8-11)21-16(23)19-12-9-17-18-10-12/h3-5,7-10,14H,2,6H2,1H3,(H,17,18)(H2,19,21,23)/t14-/m0/s1. The third-order valence-corrected chi connectivity index (χ3v) is 3.37. The second-order valence-electron chi connectivity index (χ2n) is 5.23. The Morgan fingerprint density at radius 2 is 2.17 bits per heavy atom. The number of nitrogens with zero attached hydrogens (tertiary/aromatic N) is 3. The van der Waals surface area contributed by atoms with Crippen molar-refractivity contribution in [1.82, 2.24) is 25.7 Å². The zero-order valence-electron chi connectivity index (χ0n) is 13.2. The maximum atomic E-state index is 12.2. The molecule has 3 aromatic rings. The zero-order valence-corrected chi connectivity index (χ0v) is 13.2. The van der Waals surface area contributed by atoms with E-state index in [1.807, 2.05) is 37.3 Å². The Kier molecular flexibility index (Phi) is 4.85. The van der Waals surface area contributed by atoms with Crippen LogP contribution in [0.15, 0.2) is 47.2 Å². The number of aryl methyl sites for hydroxylation is 1. The SMILES string of the molecule is CCCc1nc([C@@H](NC(=O)Nc2cn[nH]c2)c2ccccc2)no1. The van der Waals surface area contributed by atoms with Crippen LogP contribution in [0.5, 0.6) is 0 Å². The number of nitrogens with one attached hydrogen (secondary N) is 3. The van der Waals surface area contributed by atoms with E-state index in [1.54, 1.807) is 6.20 Å². The fourth-order valence-electron chi connectivity index (χ4n) is 2.26. The molecular weight excluding hydrogens is 308 g/mol. The average molecular weight is 326 g/mol. The molecule has 0 spiro atoms. The molecule has 0 aliphatic heterocycles. The normalized spacial score (nSPS) is 11.9. The Morgan fingerprint density at radius 1 is 1.33 bits per heavy atom. The average Bonchev–Trinajstić information content (AvgIpc) is 3.26. The molecular formula is C16H18N6O2. The number of hydrogen-bond donors (Lipinski definition) is 3. The van der Waals surface area contributed by atoms with Crippen LogP contribution in [0.25, 0.3) is 0 Å². The molecule has 0 saturated heterocycles. The van der Waals surface area contributed by atoms with E-state index in [1.165, 1.54) is 6.20 Å². The van der Waals surface area contributed by atoms with Crippen molar-refractivity contribution >= 4 is 11.7 Å². The molecule has 24 heavy (non-hydrogen) atoms. The lowest BCUT2D eigenvalue weighted by atomic mass is 10.1. The van der Waals surface area contributed by atoms with Gasteiger partial charge in [0.25, 0.3) is 0 Å². The molecule has 3 N–H and O–H groups in total. The van der Waals surface area contributed by atoms with Crippen molar-refractivity contribution in [1.29, 1.82) is 0 Å². The summed E-state index contributed by atoms with van der Waals surface area (Å²) >= 11 is 0. The molecule has 0 bridgehead atoms. The van der Waals surface area contributed by atoms with E-state index in [4.69, 9.17) is 4.52 Å². The minimum absolute atomic E-state index is 0.382. The number of rotatable bonds is 6. The van der Waals surface area contributed by atoms with Gasteiger partial charge in [-0.25, -0.2) is 4.79 Å². The van der Waals surface area contributed by atoms with Gasteiger partial charge in [0.2, 0.25) is 5.89 Å². The van der Waals surface area contributed by atoms with Gasteiger partial charge in [-0.1, -0.05) is 42.4 Å². The summed E-state index contributed by atoms with van der Waals surface area (Å²) in [7, 11) is 0. The van der Waals surface area contributed by atoms with Gasteiger partial charge in [0.15, 0.2) is 5.82 Å². The van der Waals surface area contributed by atoms with Gasteiger partial charge in [-0.05, 0) is 12.0 Å². The fourth-order valence-corrected chi connectivity index (χ4v) is 2.26. The van der Waals surface area contributed by atoms with E-state index in [0.717, 1.165) is 12.0 Å². The Balaban J connectivity index is 1.80. The number of anilines is 1. The highest BCUT2D eigenvalue weighted by atomic mass is 16.5. The summed E-state index contributed by atoms with van der Waals surface area (Å²) in [5.41, 5.74) is 1.43. The first-order chi connectivity index (χ1) is 11.8. The van der Waals surface area contributed by atoms with Gasteiger partial charge >= 0.3 is 6.03 Å². The molecule has 8 heteroatoms. The fraction of sp³-hybridized carbons (Fsp3) is 0.250. The first-order valence-electron chi connectivity index (χ1n) is 7.70. The Labute approximate surface area is 138 Å². The molecule has 8 nitrogen and oxygen atoms in total. The lowest BCUT2D eigenvalue weighted by molar-refractivity contribution is 0.249. The highest BCUT2D eigenvalue weighted by Gasteiger charge is 2.22. The van der Waals surface area contributed by atoms with Crippen LogP contribution in [0.2, 0.25) is 0 Å². The summed E-state index contributed by atoms with van der Waals surface area (Å²) in [6, 6.07) is 8.61. The van der Waals surface area contributed by atoms with E-state index < -0.39 is 6.04 Å². The van der Waals surface area contributed by atoms with Crippen LogP contribution < -0.4 is 10.6 Å². The molecule has 0 saturated carbocycles. The molecule has 2 amide bonds. The minimum atomic E-state index is -0.507. The summed E-state index contributed by atoms with van der Waals surface area (Å²) in [6.45, 7) is 2.04. The summed E-state index contributed by atoms with van der Waals surface area (Å²) in [5, 5.41) is 16.0. The van der Waals surface area contributed by atoms with Crippen molar-refractivity contribution in [2.75, 3.05) is 5.32 Å². The molecule has 3 rings (SSSR count). The Bertz CT molecular complexity index is 769. The molecule has 2 heterocycles. The number of amides is 2. The molecule has 124 valence electrons. The summed E-state index contributed by atoms with van der Waals surface area (Å²) < 4.78 is 5.25. The Morgan fingerprint density at radius 3 is 2.88 bits per heavy atom. The molecule has 0 unspecified atom stereocenters. The maximum absolute atomic E-state index is 12.2. The van der Waals surface area contributed by atoms with Crippen molar-refractivity contribution < 1.29 is 9.32 Å². The van der Waals surface area contributed by atoms with Crippen molar-refractivity contribution in [2.45, 2.75) is 25.8 Å². The van der Waals surface area contributed by atoms with E-state index in [9.17, 15) is 4.79 Å². The lowest BCUT2D eigenvalue weighted by Crippen LogP contribution is -2.33. The van der Waals surface area contributed by atoms with Gasteiger partial charge < -0.3 is 15.2 Å². The van der Waals surface area contributed by atoms with E-state index in [0.29, 0.717) is 23.8 Å². The predicted molar refractivity (Wildman–Crippen MR) is 87.3 cm³/mol. The van der Waals surface area contributed by atoms with Crippen LogP contribution in [0, 0.1) is 0 Å². The summed E-state index contributed by atoms with van der Waals surface area (Å²) in [4.78, 5) is 16.6. The first-order valence-corrected chi connectivity index (χ1v) is 7.70. The molecule has 0 aliphatic rings. The molecule has 1 aromatic carbocycles. The molecule has 0 aliphatic carbocycles. The van der Waals surface area contributed by atoms with Crippen LogP contribution >= 0.6 is 0 Å². The first kappa shape index (κ1) is 15.7. The van der Waals surface area contributed by atoms with Crippen LogP contribution in [0.4, 0.5) is 10.5 Å². The quantitative estimate of drug-likeness (QED) is 0.645. The van der Waals surface area contributed by atoms with Gasteiger partial charge in [-0.15, -0.1) is 0 Å². The second-order valence-corrected chi connectivity index (χ2v) is 5.23. The molecule has 2 aromatic heterocycles. The van der Waals surface area contributed by atoms with E-state index in [2.05, 4.69) is 31.0 Å². The van der Waals surface area contributed by atoms with E-state index >= 15 is 0 Å². The monoisotopic (exact) mass is 326 g/mol. The largest absolute Gasteiger partial charge is 0.339 e. The highest BCUT2D eigenvalue weighted by molar-refractivity contribution is 5.89. The molecule has 0 radical (unpaired) electrons. The Hall–Kier alpha value is -3.16. The number of benzene rings is 1. The number of aromatic nitrogens is 4. The van der Waals surface area contributed by atoms with Gasteiger partial charge in [-0.3, -0.25) is 5.10 Å². The maximum Gasteiger partial charge on any atom is 0.320 e. The smallest absolute Gasteiger partial charge is 0.320 e. The highest BCUT2D eigenvalue weighted by Crippen LogP contribution is 2.20. The van der Waals surface area contributed by atoms with Gasteiger partial charge in [0.1, 0.15) is 6.04 Å². The van der Waals surface area contributed by atoms with Crippen molar-refractivity contribution in [2.24, 2.45) is 0 Å².